The zero-order valence-electron chi connectivity index (χ0n) is 13.2. The molecule has 0 fully saturated rings. The average molecular weight is 356 g/mol. The Morgan fingerprint density at radius 2 is 1.80 bits per heavy atom. The second-order valence-electron chi connectivity index (χ2n) is 5.29. The van der Waals surface area contributed by atoms with Gasteiger partial charge >= 0.3 is 0 Å². The highest BCUT2D eigenvalue weighted by atomic mass is 32.1. The van der Waals surface area contributed by atoms with Gasteiger partial charge in [0.2, 0.25) is 5.91 Å². The second kappa shape index (κ2) is 7.63. The van der Waals surface area contributed by atoms with Crippen LogP contribution < -0.4 is 16.2 Å². The molecular formula is C17H16N4O3S. The number of fused-ring (bicyclic) bond motifs is 1. The van der Waals surface area contributed by atoms with E-state index in [-0.39, 0.29) is 24.8 Å². The van der Waals surface area contributed by atoms with E-state index in [1.54, 1.807) is 23.7 Å². The second-order valence-corrected chi connectivity index (χ2v) is 6.24. The first kappa shape index (κ1) is 16.7. The van der Waals surface area contributed by atoms with Crippen molar-refractivity contribution >= 4 is 40.0 Å². The number of carbonyl (C=O) groups excluding carboxylic acids is 3. The monoisotopic (exact) mass is 356 g/mol. The van der Waals surface area contributed by atoms with Gasteiger partial charge in [0, 0.05) is 17.1 Å². The van der Waals surface area contributed by atoms with Gasteiger partial charge in [0.15, 0.2) is 0 Å². The summed E-state index contributed by atoms with van der Waals surface area (Å²) in [5.74, 6) is -1.17. The summed E-state index contributed by atoms with van der Waals surface area (Å²) in [4.78, 5) is 39.0. The summed E-state index contributed by atoms with van der Waals surface area (Å²) >= 11 is 1.29. The van der Waals surface area contributed by atoms with Crippen LogP contribution in [0.4, 0.5) is 0 Å². The molecule has 0 radical (unpaired) electrons. The molecule has 2 heterocycles. The highest BCUT2D eigenvalue weighted by molar-refractivity contribution is 7.12. The van der Waals surface area contributed by atoms with Gasteiger partial charge in [-0.15, -0.1) is 11.3 Å². The number of para-hydroxylation sites is 1. The predicted molar refractivity (Wildman–Crippen MR) is 94.9 cm³/mol. The smallest absolute Gasteiger partial charge is 0.261 e. The zero-order chi connectivity index (χ0) is 17.6. The van der Waals surface area contributed by atoms with Crippen LogP contribution in [-0.4, -0.2) is 29.3 Å². The third-order valence-corrected chi connectivity index (χ3v) is 4.39. The van der Waals surface area contributed by atoms with Gasteiger partial charge in [-0.05, 0) is 23.1 Å². The Morgan fingerprint density at radius 1 is 1.00 bits per heavy atom. The summed E-state index contributed by atoms with van der Waals surface area (Å²) in [6.45, 7) is -0.218. The number of nitrogens with one attached hydrogen (secondary N) is 4. The lowest BCUT2D eigenvalue weighted by Gasteiger charge is -2.08. The normalized spacial score (nSPS) is 10.4. The largest absolute Gasteiger partial charge is 0.361 e. The molecule has 3 amide bonds. The third kappa shape index (κ3) is 4.24. The van der Waals surface area contributed by atoms with Gasteiger partial charge < -0.3 is 10.3 Å². The predicted octanol–water partition coefficient (Wildman–Crippen LogP) is 1.35. The SMILES string of the molecule is O=C(CNC(=O)c1cccs1)NNC(=O)Cc1c[nH]c2ccccc12. The Balaban J connectivity index is 1.44. The lowest BCUT2D eigenvalue weighted by Crippen LogP contribution is -2.46. The quantitative estimate of drug-likeness (QED) is 0.519. The van der Waals surface area contributed by atoms with Gasteiger partial charge in [-0.3, -0.25) is 25.2 Å². The highest BCUT2D eigenvalue weighted by Gasteiger charge is 2.11. The molecule has 7 nitrogen and oxygen atoms in total. The van der Waals surface area contributed by atoms with E-state index in [1.165, 1.54) is 11.3 Å². The van der Waals surface area contributed by atoms with E-state index in [1.807, 2.05) is 24.3 Å². The maximum absolute atomic E-state index is 12.0. The first-order chi connectivity index (χ1) is 12.1. The number of hydrogen-bond donors (Lipinski definition) is 4. The lowest BCUT2D eigenvalue weighted by atomic mass is 10.1. The molecule has 0 atom stereocenters. The molecule has 0 bridgehead atoms. The van der Waals surface area contributed by atoms with Crippen LogP contribution in [0.15, 0.2) is 48.0 Å². The zero-order valence-corrected chi connectivity index (χ0v) is 14.0. The van der Waals surface area contributed by atoms with Crippen LogP contribution >= 0.6 is 11.3 Å². The Labute approximate surface area is 147 Å². The number of aromatic amines is 1. The van der Waals surface area contributed by atoms with E-state index in [2.05, 4.69) is 21.2 Å². The number of carbonyl (C=O) groups is 3. The minimum atomic E-state index is -0.503. The molecule has 4 N–H and O–H groups in total. The minimum absolute atomic E-state index is 0.131. The molecule has 0 unspecified atom stereocenters. The average Bonchev–Trinajstić information content (AvgIpc) is 3.28. The topological polar surface area (TPSA) is 103 Å². The van der Waals surface area contributed by atoms with Crippen molar-refractivity contribution in [3.05, 3.63) is 58.4 Å². The highest BCUT2D eigenvalue weighted by Crippen LogP contribution is 2.17. The van der Waals surface area contributed by atoms with Crippen molar-refractivity contribution in [2.75, 3.05) is 6.54 Å². The minimum Gasteiger partial charge on any atom is -0.361 e. The summed E-state index contributed by atoms with van der Waals surface area (Å²) in [5.41, 5.74) is 6.42. The number of thiophene rings is 1. The summed E-state index contributed by atoms with van der Waals surface area (Å²) < 4.78 is 0. The Hall–Kier alpha value is -3.13. The van der Waals surface area contributed by atoms with E-state index in [0.29, 0.717) is 4.88 Å². The van der Waals surface area contributed by atoms with E-state index in [9.17, 15) is 14.4 Å². The molecule has 25 heavy (non-hydrogen) atoms. The van der Waals surface area contributed by atoms with Crippen LogP contribution in [0.25, 0.3) is 10.9 Å². The molecular weight excluding hydrogens is 340 g/mol. The van der Waals surface area contributed by atoms with Crippen molar-refractivity contribution in [2.24, 2.45) is 0 Å². The van der Waals surface area contributed by atoms with Crippen molar-refractivity contribution in [1.29, 1.82) is 0 Å². The first-order valence-electron chi connectivity index (χ1n) is 7.58. The number of hydrogen-bond acceptors (Lipinski definition) is 4. The number of hydrazine groups is 1. The van der Waals surface area contributed by atoms with Crippen LogP contribution in [0.5, 0.6) is 0 Å². The molecule has 0 aliphatic rings. The van der Waals surface area contributed by atoms with Crippen LogP contribution in [-0.2, 0) is 16.0 Å². The molecule has 0 spiro atoms. The summed E-state index contributed by atoms with van der Waals surface area (Å²) in [6.07, 6.45) is 1.90. The van der Waals surface area contributed by atoms with Gasteiger partial charge in [-0.2, -0.15) is 0 Å². The molecule has 0 saturated heterocycles. The van der Waals surface area contributed by atoms with Crippen LogP contribution in [0.3, 0.4) is 0 Å². The van der Waals surface area contributed by atoms with Crippen molar-refractivity contribution in [1.82, 2.24) is 21.2 Å². The number of aromatic nitrogens is 1. The molecule has 3 rings (SSSR count). The Bertz CT molecular complexity index is 902. The third-order valence-electron chi connectivity index (χ3n) is 3.52. The number of rotatable bonds is 5. The van der Waals surface area contributed by atoms with Crippen LogP contribution in [0, 0.1) is 0 Å². The van der Waals surface area contributed by atoms with E-state index >= 15 is 0 Å². The summed E-state index contributed by atoms with van der Waals surface area (Å²) in [6, 6.07) is 11.1. The maximum Gasteiger partial charge on any atom is 0.261 e. The van der Waals surface area contributed by atoms with Crippen molar-refractivity contribution < 1.29 is 14.4 Å². The van der Waals surface area contributed by atoms with Crippen molar-refractivity contribution in [2.45, 2.75) is 6.42 Å². The van der Waals surface area contributed by atoms with Gasteiger partial charge in [0.1, 0.15) is 0 Å². The van der Waals surface area contributed by atoms with Gasteiger partial charge in [-0.25, -0.2) is 0 Å². The molecule has 2 aromatic heterocycles. The molecule has 0 aliphatic carbocycles. The van der Waals surface area contributed by atoms with E-state index in [4.69, 9.17) is 0 Å². The molecule has 128 valence electrons. The maximum atomic E-state index is 12.0. The molecule has 0 saturated carbocycles. The first-order valence-corrected chi connectivity index (χ1v) is 8.46. The Morgan fingerprint density at radius 3 is 2.60 bits per heavy atom. The summed E-state index contributed by atoms with van der Waals surface area (Å²) in [7, 11) is 0. The van der Waals surface area contributed by atoms with Gasteiger partial charge in [0.05, 0.1) is 17.8 Å². The lowest BCUT2D eigenvalue weighted by molar-refractivity contribution is -0.128. The van der Waals surface area contributed by atoms with E-state index < -0.39 is 5.91 Å². The standard InChI is InChI=1S/C17H16N4O3S/c22-15(8-11-9-18-13-5-2-1-4-12(11)13)20-21-16(23)10-19-17(24)14-6-3-7-25-14/h1-7,9,18H,8,10H2,(H,19,24)(H,20,22)(H,21,23). The molecule has 0 aliphatic heterocycles. The molecule has 1 aromatic carbocycles. The van der Waals surface area contributed by atoms with Crippen LogP contribution in [0.1, 0.15) is 15.2 Å². The van der Waals surface area contributed by atoms with Crippen molar-refractivity contribution in [3.63, 3.8) is 0 Å². The fourth-order valence-electron chi connectivity index (χ4n) is 2.33. The number of benzene rings is 1. The van der Waals surface area contributed by atoms with Crippen LogP contribution in [0.2, 0.25) is 0 Å². The van der Waals surface area contributed by atoms with E-state index in [0.717, 1.165) is 16.5 Å². The Kier molecular flexibility index (Phi) is 5.10. The van der Waals surface area contributed by atoms with Crippen molar-refractivity contribution in [3.8, 4) is 0 Å². The fourth-order valence-corrected chi connectivity index (χ4v) is 2.97. The fraction of sp³-hybridized carbons (Fsp3) is 0.118. The number of amides is 3. The summed E-state index contributed by atoms with van der Waals surface area (Å²) in [5, 5.41) is 5.22. The van der Waals surface area contributed by atoms with Gasteiger partial charge in [-0.1, -0.05) is 24.3 Å². The molecule has 3 aromatic rings. The number of H-pyrrole nitrogens is 1. The van der Waals surface area contributed by atoms with Gasteiger partial charge in [0.25, 0.3) is 11.8 Å². The molecule has 8 heteroatoms.